The van der Waals surface area contributed by atoms with Crippen LogP contribution in [0.4, 0.5) is 0 Å². The summed E-state index contributed by atoms with van der Waals surface area (Å²) in [6, 6.07) is 10.8. The summed E-state index contributed by atoms with van der Waals surface area (Å²) in [6.45, 7) is 21.2. The number of aromatic nitrogens is 2. The Bertz CT molecular complexity index is 1280. The van der Waals surface area contributed by atoms with Gasteiger partial charge in [0.2, 0.25) is 0 Å². The molecular weight excluding hydrogens is 544 g/mol. The SMILES string of the molecule is CC(C)(C)[Si](C)(C)O[C@@H]1[C@H](O[Si](C)(C)C(C)(C)C)[C@@H](C=O)O[C@H]1n1ccc(=O)n(COCc2ccccc2)c1=O. The van der Waals surface area contributed by atoms with Gasteiger partial charge in [-0.1, -0.05) is 71.9 Å². The first-order valence-corrected chi connectivity index (χ1v) is 19.6. The summed E-state index contributed by atoms with van der Waals surface area (Å²) in [5.74, 6) is 0. The average molecular weight is 591 g/mol. The Labute approximate surface area is 239 Å². The van der Waals surface area contributed by atoms with E-state index in [1.807, 2.05) is 30.3 Å². The van der Waals surface area contributed by atoms with Crippen LogP contribution in [0, 0.1) is 0 Å². The Balaban J connectivity index is 2.02. The molecule has 0 radical (unpaired) electrons. The zero-order valence-electron chi connectivity index (χ0n) is 25.6. The molecule has 0 saturated carbocycles. The summed E-state index contributed by atoms with van der Waals surface area (Å²) >= 11 is 0. The number of carbonyl (C=O) groups excluding carboxylic acids is 1. The summed E-state index contributed by atoms with van der Waals surface area (Å²) in [7, 11) is -4.79. The molecule has 4 atom stereocenters. The molecule has 2 heterocycles. The Morgan fingerprint density at radius 1 is 0.875 bits per heavy atom. The van der Waals surface area contributed by atoms with Crippen molar-refractivity contribution in [2.75, 3.05) is 0 Å². The molecule has 3 rings (SSSR count). The third-order valence-electron chi connectivity index (χ3n) is 8.53. The first-order valence-electron chi connectivity index (χ1n) is 13.8. The van der Waals surface area contributed by atoms with E-state index in [9.17, 15) is 14.4 Å². The van der Waals surface area contributed by atoms with Gasteiger partial charge in [0, 0.05) is 12.3 Å². The Morgan fingerprint density at radius 2 is 1.43 bits per heavy atom. The number of carbonyl (C=O) groups is 1. The van der Waals surface area contributed by atoms with Crippen molar-refractivity contribution in [1.82, 2.24) is 9.13 Å². The van der Waals surface area contributed by atoms with E-state index >= 15 is 0 Å². The summed E-state index contributed by atoms with van der Waals surface area (Å²) in [5.41, 5.74) is -0.171. The number of benzene rings is 1. The summed E-state index contributed by atoms with van der Waals surface area (Å²) in [4.78, 5) is 38.7. The number of ether oxygens (including phenoxy) is 2. The highest BCUT2D eigenvalue weighted by molar-refractivity contribution is 6.74. The molecule has 2 aromatic rings. The Hall–Kier alpha value is -2.16. The second-order valence-electron chi connectivity index (χ2n) is 13.5. The van der Waals surface area contributed by atoms with Crippen molar-refractivity contribution in [2.45, 2.75) is 116 Å². The van der Waals surface area contributed by atoms with Gasteiger partial charge < -0.3 is 23.1 Å². The van der Waals surface area contributed by atoms with E-state index in [4.69, 9.17) is 18.3 Å². The second kappa shape index (κ2) is 12.0. The first kappa shape index (κ1) is 32.4. The van der Waals surface area contributed by atoms with Gasteiger partial charge in [0.1, 0.15) is 25.0 Å². The third kappa shape index (κ3) is 7.00. The predicted molar refractivity (Wildman–Crippen MR) is 160 cm³/mol. The van der Waals surface area contributed by atoms with E-state index < -0.39 is 52.4 Å². The van der Waals surface area contributed by atoms with Gasteiger partial charge in [0.05, 0.1) is 6.61 Å². The van der Waals surface area contributed by atoms with E-state index in [2.05, 4.69) is 67.7 Å². The van der Waals surface area contributed by atoms with Gasteiger partial charge >= 0.3 is 5.69 Å². The van der Waals surface area contributed by atoms with Crippen LogP contribution >= 0.6 is 0 Å². The van der Waals surface area contributed by atoms with Crippen LogP contribution in [0.3, 0.4) is 0 Å². The molecule has 1 fully saturated rings. The quantitative estimate of drug-likeness (QED) is 0.282. The maximum atomic E-state index is 13.7. The first-order chi connectivity index (χ1) is 18.4. The van der Waals surface area contributed by atoms with Crippen molar-refractivity contribution in [1.29, 1.82) is 0 Å². The van der Waals surface area contributed by atoms with Crippen molar-refractivity contribution in [3.63, 3.8) is 0 Å². The lowest BCUT2D eigenvalue weighted by Crippen LogP contribution is -2.54. The van der Waals surface area contributed by atoms with Gasteiger partial charge in [0.25, 0.3) is 5.56 Å². The van der Waals surface area contributed by atoms with Crippen LogP contribution < -0.4 is 11.2 Å². The van der Waals surface area contributed by atoms with Crippen LogP contribution in [0.1, 0.15) is 53.3 Å². The Morgan fingerprint density at radius 3 is 1.95 bits per heavy atom. The molecule has 1 saturated heterocycles. The highest BCUT2D eigenvalue weighted by atomic mass is 28.4. The monoisotopic (exact) mass is 590 g/mol. The van der Waals surface area contributed by atoms with Crippen molar-refractivity contribution in [3.8, 4) is 0 Å². The molecular formula is C29H46N2O7Si2. The molecule has 1 aromatic heterocycles. The fourth-order valence-electron chi connectivity index (χ4n) is 3.96. The third-order valence-corrected chi connectivity index (χ3v) is 17.5. The second-order valence-corrected chi connectivity index (χ2v) is 23.1. The molecule has 40 heavy (non-hydrogen) atoms. The summed E-state index contributed by atoms with van der Waals surface area (Å²) in [5, 5.41) is -0.270. The minimum absolute atomic E-state index is 0.125. The molecule has 0 unspecified atom stereocenters. The van der Waals surface area contributed by atoms with E-state index in [1.165, 1.54) is 16.8 Å². The Kier molecular flexibility index (Phi) is 9.70. The van der Waals surface area contributed by atoms with Crippen LogP contribution in [-0.2, 0) is 36.5 Å². The maximum Gasteiger partial charge on any atom is 0.335 e. The van der Waals surface area contributed by atoms with Gasteiger partial charge in [-0.05, 0) is 41.8 Å². The minimum Gasteiger partial charge on any atom is -0.408 e. The smallest absolute Gasteiger partial charge is 0.335 e. The molecule has 0 aliphatic carbocycles. The molecule has 9 nitrogen and oxygen atoms in total. The lowest BCUT2D eigenvalue weighted by atomic mass is 10.1. The minimum atomic E-state index is -2.42. The molecule has 0 amide bonds. The number of hydrogen-bond donors (Lipinski definition) is 0. The van der Waals surface area contributed by atoms with E-state index in [1.54, 1.807) is 0 Å². The largest absolute Gasteiger partial charge is 0.408 e. The number of aldehydes is 1. The highest BCUT2D eigenvalue weighted by Crippen LogP contribution is 2.45. The van der Waals surface area contributed by atoms with Crippen molar-refractivity contribution >= 4 is 22.9 Å². The molecule has 11 heteroatoms. The summed E-state index contributed by atoms with van der Waals surface area (Å²) in [6.07, 6.45) is -1.22. The van der Waals surface area contributed by atoms with E-state index in [0.717, 1.165) is 16.4 Å². The number of nitrogens with zero attached hydrogens (tertiary/aromatic N) is 2. The van der Waals surface area contributed by atoms with E-state index in [0.29, 0.717) is 0 Å². The van der Waals surface area contributed by atoms with Crippen LogP contribution in [0.5, 0.6) is 0 Å². The summed E-state index contributed by atoms with van der Waals surface area (Å²) < 4.78 is 27.9. The predicted octanol–water partition coefficient (Wildman–Crippen LogP) is 5.06. The molecule has 222 valence electrons. The van der Waals surface area contributed by atoms with Crippen LogP contribution in [0.15, 0.2) is 52.2 Å². The fourth-order valence-corrected chi connectivity index (χ4v) is 6.55. The van der Waals surface area contributed by atoms with Gasteiger partial charge in [0.15, 0.2) is 29.1 Å². The molecule has 0 bridgehead atoms. The topological polar surface area (TPSA) is 98.0 Å². The van der Waals surface area contributed by atoms with E-state index in [-0.39, 0.29) is 23.4 Å². The maximum absolute atomic E-state index is 13.7. The van der Waals surface area contributed by atoms with Gasteiger partial charge in [-0.25, -0.2) is 9.36 Å². The molecule has 1 aliphatic heterocycles. The molecule has 0 spiro atoms. The lowest BCUT2D eigenvalue weighted by Gasteiger charge is -2.43. The van der Waals surface area contributed by atoms with Crippen molar-refractivity contribution in [2.24, 2.45) is 0 Å². The van der Waals surface area contributed by atoms with Crippen LogP contribution in [0.25, 0.3) is 0 Å². The van der Waals surface area contributed by atoms with Crippen LogP contribution in [-0.4, -0.2) is 50.4 Å². The number of hydrogen-bond acceptors (Lipinski definition) is 7. The number of rotatable bonds is 10. The fraction of sp³-hybridized carbons (Fsp3) is 0.621. The zero-order valence-corrected chi connectivity index (χ0v) is 27.6. The van der Waals surface area contributed by atoms with Gasteiger partial charge in [-0.2, -0.15) is 0 Å². The standard InChI is InChI=1S/C29H46N2O7Si2/c1-28(2,3)39(7,8)37-24-22(18-32)36-26(25(24)38-40(9,10)29(4,5)6)30-17-16-23(33)31(27(30)34)20-35-19-21-14-12-11-13-15-21/h11-18,22,24-26H,19-20H2,1-10H3/t22-,24-,25-,26-/m1/s1. The normalized spacial score (nSPS) is 22.4. The zero-order chi connectivity index (χ0) is 30.1. The molecule has 1 aliphatic rings. The molecule has 1 aromatic carbocycles. The highest BCUT2D eigenvalue weighted by Gasteiger charge is 2.54. The van der Waals surface area contributed by atoms with Crippen LogP contribution in [0.2, 0.25) is 36.3 Å². The molecule has 0 N–H and O–H groups in total. The van der Waals surface area contributed by atoms with Gasteiger partial charge in [-0.3, -0.25) is 9.36 Å². The lowest BCUT2D eigenvalue weighted by molar-refractivity contribution is -0.122. The average Bonchev–Trinajstić information content (AvgIpc) is 3.16. The van der Waals surface area contributed by atoms with Gasteiger partial charge in [-0.15, -0.1) is 0 Å². The van der Waals surface area contributed by atoms with Crippen molar-refractivity contribution < 1.29 is 23.1 Å². The van der Waals surface area contributed by atoms with Crippen molar-refractivity contribution in [3.05, 3.63) is 69.0 Å².